The predicted octanol–water partition coefficient (Wildman–Crippen LogP) is 4.34. The maximum absolute atomic E-state index is 13.1. The molecule has 2 fully saturated rings. The Morgan fingerprint density at radius 3 is 2.47 bits per heavy atom. The van der Waals surface area contributed by atoms with E-state index in [1.54, 1.807) is 31.2 Å². The summed E-state index contributed by atoms with van der Waals surface area (Å²) in [4.78, 5) is 18.1. The number of ether oxygens (including phenoxy) is 1. The molecule has 0 bridgehead atoms. The van der Waals surface area contributed by atoms with E-state index < -0.39 is 15.9 Å². The molecular weight excluding hydrogens is 478 g/mol. The summed E-state index contributed by atoms with van der Waals surface area (Å²) in [7, 11) is -3.32. The van der Waals surface area contributed by atoms with E-state index in [0.29, 0.717) is 23.2 Å². The SMILES string of the molecule is CCS(=O)(=O)c1ccc([C@H](CO)NC(=O)c2ccc3c(c2)nc(OC2CCCCC2)n3C2CC2)cc1. The molecule has 9 heteroatoms. The number of hydrogen-bond donors (Lipinski definition) is 2. The van der Waals surface area contributed by atoms with Crippen molar-refractivity contribution in [3.8, 4) is 6.01 Å². The Bertz CT molecular complexity index is 1340. The lowest BCUT2D eigenvalue weighted by molar-refractivity contribution is 0.0916. The number of benzene rings is 2. The number of amides is 1. The number of imidazole rings is 1. The van der Waals surface area contributed by atoms with E-state index in [9.17, 15) is 18.3 Å². The van der Waals surface area contributed by atoms with Crippen molar-refractivity contribution in [3.63, 3.8) is 0 Å². The van der Waals surface area contributed by atoms with E-state index in [1.807, 2.05) is 6.07 Å². The van der Waals surface area contributed by atoms with Crippen LogP contribution in [0.5, 0.6) is 6.01 Å². The number of aliphatic hydroxyl groups is 1. The molecule has 0 aliphatic heterocycles. The molecule has 0 saturated heterocycles. The van der Waals surface area contributed by atoms with Crippen LogP contribution in [-0.4, -0.2) is 47.4 Å². The number of fused-ring (bicyclic) bond motifs is 1. The monoisotopic (exact) mass is 511 g/mol. The third-order valence-corrected chi connectivity index (χ3v) is 8.92. The number of aromatic nitrogens is 2. The van der Waals surface area contributed by atoms with Crippen molar-refractivity contribution in [2.75, 3.05) is 12.4 Å². The summed E-state index contributed by atoms with van der Waals surface area (Å²) in [5.74, 6) is -0.323. The molecule has 0 unspecified atom stereocenters. The van der Waals surface area contributed by atoms with Gasteiger partial charge in [-0.15, -0.1) is 0 Å². The first-order chi connectivity index (χ1) is 17.4. The highest BCUT2D eigenvalue weighted by Crippen LogP contribution is 2.41. The van der Waals surface area contributed by atoms with Crippen LogP contribution in [0.25, 0.3) is 11.0 Å². The van der Waals surface area contributed by atoms with Gasteiger partial charge in [-0.05, 0) is 74.4 Å². The van der Waals surface area contributed by atoms with Gasteiger partial charge in [-0.25, -0.2) is 8.42 Å². The topological polar surface area (TPSA) is 111 Å². The van der Waals surface area contributed by atoms with Crippen molar-refractivity contribution in [2.24, 2.45) is 0 Å². The largest absolute Gasteiger partial charge is 0.461 e. The minimum atomic E-state index is -3.32. The number of nitrogens with zero attached hydrogens (tertiary/aromatic N) is 2. The van der Waals surface area contributed by atoms with Gasteiger partial charge in [0.05, 0.1) is 34.3 Å². The zero-order chi connectivity index (χ0) is 25.3. The van der Waals surface area contributed by atoms with Crippen molar-refractivity contribution < 1.29 is 23.1 Å². The molecule has 192 valence electrons. The van der Waals surface area contributed by atoms with Crippen LogP contribution in [0.2, 0.25) is 0 Å². The van der Waals surface area contributed by atoms with E-state index in [-0.39, 0.29) is 29.3 Å². The quantitative estimate of drug-likeness (QED) is 0.442. The summed E-state index contributed by atoms with van der Waals surface area (Å²) in [6, 6.07) is 12.1. The maximum Gasteiger partial charge on any atom is 0.297 e. The van der Waals surface area contributed by atoms with Gasteiger partial charge >= 0.3 is 0 Å². The number of carbonyl (C=O) groups is 1. The molecule has 5 rings (SSSR count). The van der Waals surface area contributed by atoms with Gasteiger partial charge in [-0.3, -0.25) is 9.36 Å². The third-order valence-electron chi connectivity index (χ3n) is 7.17. The average molecular weight is 512 g/mol. The van der Waals surface area contributed by atoms with E-state index in [2.05, 4.69) is 9.88 Å². The molecule has 1 aromatic heterocycles. The van der Waals surface area contributed by atoms with Gasteiger partial charge in [-0.1, -0.05) is 25.5 Å². The third kappa shape index (κ3) is 5.13. The van der Waals surface area contributed by atoms with Gasteiger partial charge in [0.25, 0.3) is 11.9 Å². The molecular formula is C27H33N3O5S. The zero-order valence-corrected chi connectivity index (χ0v) is 21.3. The number of sulfone groups is 1. The lowest BCUT2D eigenvalue weighted by Gasteiger charge is -2.22. The minimum absolute atomic E-state index is 0.0128. The van der Waals surface area contributed by atoms with Gasteiger partial charge in [0, 0.05) is 11.6 Å². The minimum Gasteiger partial charge on any atom is -0.461 e. The van der Waals surface area contributed by atoms with Crippen molar-refractivity contribution in [1.29, 1.82) is 0 Å². The number of nitrogens with one attached hydrogen (secondary N) is 1. The summed E-state index contributed by atoms with van der Waals surface area (Å²) in [6.45, 7) is 1.28. The highest BCUT2D eigenvalue weighted by atomic mass is 32.2. The molecule has 1 amide bonds. The van der Waals surface area contributed by atoms with Crippen LogP contribution >= 0.6 is 0 Å². The van der Waals surface area contributed by atoms with Gasteiger partial charge in [0.2, 0.25) is 0 Å². The molecule has 2 aliphatic carbocycles. The number of rotatable bonds is 9. The van der Waals surface area contributed by atoms with Crippen LogP contribution in [-0.2, 0) is 9.84 Å². The second kappa shape index (κ2) is 10.2. The Morgan fingerprint density at radius 2 is 1.83 bits per heavy atom. The Kier molecular flexibility index (Phi) is 7.03. The van der Waals surface area contributed by atoms with Gasteiger partial charge in [0.15, 0.2) is 9.84 Å². The average Bonchev–Trinajstić information content (AvgIpc) is 3.68. The van der Waals surface area contributed by atoms with E-state index in [4.69, 9.17) is 9.72 Å². The number of aliphatic hydroxyl groups excluding tert-OH is 1. The van der Waals surface area contributed by atoms with Gasteiger partial charge in [-0.2, -0.15) is 4.98 Å². The molecule has 1 heterocycles. The first kappa shape index (κ1) is 24.8. The number of hydrogen-bond acceptors (Lipinski definition) is 6. The Hall–Kier alpha value is -2.91. The fourth-order valence-electron chi connectivity index (χ4n) is 4.87. The van der Waals surface area contributed by atoms with Crippen LogP contribution in [0.4, 0.5) is 0 Å². The molecule has 0 radical (unpaired) electrons. The van der Waals surface area contributed by atoms with Crippen molar-refractivity contribution >= 4 is 26.8 Å². The van der Waals surface area contributed by atoms with E-state index in [1.165, 1.54) is 31.4 Å². The second-order valence-electron chi connectivity index (χ2n) is 9.76. The number of carbonyl (C=O) groups excluding carboxylic acids is 1. The second-order valence-corrected chi connectivity index (χ2v) is 12.0. The predicted molar refractivity (Wildman–Crippen MR) is 137 cm³/mol. The summed E-state index contributed by atoms with van der Waals surface area (Å²) in [5.41, 5.74) is 2.75. The summed E-state index contributed by atoms with van der Waals surface area (Å²) < 4.78 is 32.6. The summed E-state index contributed by atoms with van der Waals surface area (Å²) >= 11 is 0. The molecule has 2 N–H and O–H groups in total. The fourth-order valence-corrected chi connectivity index (χ4v) is 5.75. The summed E-state index contributed by atoms with van der Waals surface area (Å²) in [5, 5.41) is 12.8. The lowest BCUT2D eigenvalue weighted by atomic mass is 9.98. The fraction of sp³-hybridized carbons (Fsp3) is 0.481. The van der Waals surface area contributed by atoms with Crippen molar-refractivity contribution in [3.05, 3.63) is 53.6 Å². The first-order valence-electron chi connectivity index (χ1n) is 12.8. The van der Waals surface area contributed by atoms with E-state index in [0.717, 1.165) is 36.7 Å². The molecule has 2 aliphatic rings. The first-order valence-corrected chi connectivity index (χ1v) is 14.5. The standard InChI is InChI=1S/C27H33N3O5S/c1-2-36(33,34)22-13-8-18(9-14-22)24(17-31)28-26(32)19-10-15-25-23(16-19)29-27(30(25)20-11-12-20)35-21-6-4-3-5-7-21/h8-10,13-16,20-21,24,31H,2-7,11-12,17H2,1H3,(H,28,32)/t24-/m0/s1. The zero-order valence-electron chi connectivity index (χ0n) is 20.5. The Morgan fingerprint density at radius 1 is 1.11 bits per heavy atom. The molecule has 0 spiro atoms. The van der Waals surface area contributed by atoms with Crippen LogP contribution in [0, 0.1) is 0 Å². The molecule has 3 aromatic rings. The lowest BCUT2D eigenvalue weighted by Crippen LogP contribution is -2.30. The highest BCUT2D eigenvalue weighted by Gasteiger charge is 2.31. The van der Waals surface area contributed by atoms with Crippen molar-refractivity contribution in [2.45, 2.75) is 75.0 Å². The molecule has 36 heavy (non-hydrogen) atoms. The van der Waals surface area contributed by atoms with Gasteiger partial charge in [0.1, 0.15) is 6.10 Å². The van der Waals surface area contributed by atoms with E-state index >= 15 is 0 Å². The smallest absolute Gasteiger partial charge is 0.297 e. The van der Waals surface area contributed by atoms with Gasteiger partial charge < -0.3 is 15.2 Å². The summed E-state index contributed by atoms with van der Waals surface area (Å²) in [6.07, 6.45) is 8.12. The molecule has 2 aromatic carbocycles. The van der Waals surface area contributed by atoms with Crippen LogP contribution in [0.1, 0.15) is 79.9 Å². The normalized spacial score (nSPS) is 17.7. The Balaban J connectivity index is 1.35. The molecule has 8 nitrogen and oxygen atoms in total. The maximum atomic E-state index is 13.1. The van der Waals surface area contributed by atoms with Crippen molar-refractivity contribution in [1.82, 2.24) is 14.9 Å². The molecule has 2 saturated carbocycles. The van der Waals surface area contributed by atoms with Crippen LogP contribution in [0.3, 0.4) is 0 Å². The molecule has 1 atom stereocenters. The Labute approximate surface area is 211 Å². The van der Waals surface area contributed by atoms with Crippen LogP contribution in [0.15, 0.2) is 47.4 Å². The highest BCUT2D eigenvalue weighted by molar-refractivity contribution is 7.91. The van der Waals surface area contributed by atoms with Crippen LogP contribution < -0.4 is 10.1 Å².